The normalized spacial score (nSPS) is 20.8. The van der Waals surface area contributed by atoms with Crippen molar-refractivity contribution in [1.82, 2.24) is 4.90 Å². The Morgan fingerprint density at radius 3 is 2.50 bits per heavy atom. The Morgan fingerprint density at radius 2 is 1.95 bits per heavy atom. The van der Waals surface area contributed by atoms with E-state index in [1.54, 1.807) is 6.07 Å². The van der Waals surface area contributed by atoms with Crippen LogP contribution >= 0.6 is 0 Å². The van der Waals surface area contributed by atoms with Crippen LogP contribution in [0.4, 0.5) is 4.39 Å². The smallest absolute Gasteiger partial charge is 0.128 e. The molecule has 2 rings (SSSR count). The van der Waals surface area contributed by atoms with Crippen LogP contribution in [0.15, 0.2) is 24.3 Å². The minimum Gasteiger partial charge on any atom is -0.326 e. The third-order valence-electron chi connectivity index (χ3n) is 4.46. The molecule has 0 spiro atoms. The molecule has 0 aromatic heterocycles. The highest BCUT2D eigenvalue weighted by Crippen LogP contribution is 2.31. The van der Waals surface area contributed by atoms with Crippen LogP contribution in [0.25, 0.3) is 0 Å². The molecule has 0 saturated carbocycles. The highest BCUT2D eigenvalue weighted by atomic mass is 19.1. The summed E-state index contributed by atoms with van der Waals surface area (Å²) in [5.41, 5.74) is 6.90. The van der Waals surface area contributed by atoms with Crippen molar-refractivity contribution in [2.45, 2.75) is 51.6 Å². The summed E-state index contributed by atoms with van der Waals surface area (Å²) < 4.78 is 14.1. The van der Waals surface area contributed by atoms with Crippen LogP contribution in [0.5, 0.6) is 0 Å². The first kappa shape index (κ1) is 15.5. The van der Waals surface area contributed by atoms with E-state index in [0.29, 0.717) is 0 Å². The fourth-order valence-corrected chi connectivity index (χ4v) is 3.46. The molecule has 1 aromatic rings. The predicted molar refractivity (Wildman–Crippen MR) is 82.0 cm³/mol. The molecule has 2 N–H and O–H groups in total. The summed E-state index contributed by atoms with van der Waals surface area (Å²) in [4.78, 5) is 2.37. The fourth-order valence-electron chi connectivity index (χ4n) is 3.46. The summed E-state index contributed by atoms with van der Waals surface area (Å²) in [5.74, 6) is 0.705. The molecule has 0 bridgehead atoms. The van der Waals surface area contributed by atoms with Crippen molar-refractivity contribution in [2.75, 3.05) is 13.1 Å². The molecular weight excluding hydrogens is 251 g/mol. The van der Waals surface area contributed by atoms with E-state index in [4.69, 9.17) is 5.73 Å². The van der Waals surface area contributed by atoms with E-state index in [0.717, 1.165) is 24.6 Å². The largest absolute Gasteiger partial charge is 0.326 e. The lowest BCUT2D eigenvalue weighted by Gasteiger charge is -2.39. The Hall–Kier alpha value is -0.930. The van der Waals surface area contributed by atoms with Gasteiger partial charge in [0.15, 0.2) is 0 Å². The molecule has 1 fully saturated rings. The zero-order valence-corrected chi connectivity index (χ0v) is 12.7. The quantitative estimate of drug-likeness (QED) is 0.889. The Morgan fingerprint density at radius 1 is 1.30 bits per heavy atom. The van der Waals surface area contributed by atoms with Crippen LogP contribution in [0.2, 0.25) is 0 Å². The second-order valence-electron chi connectivity index (χ2n) is 6.09. The Labute approximate surface area is 122 Å². The lowest BCUT2D eigenvalue weighted by Crippen LogP contribution is -2.44. The lowest BCUT2D eigenvalue weighted by molar-refractivity contribution is 0.113. The maximum atomic E-state index is 14.1. The number of hydrogen-bond donors (Lipinski definition) is 1. The maximum absolute atomic E-state index is 14.1. The molecule has 0 aliphatic carbocycles. The fraction of sp³-hybridized carbons (Fsp3) is 0.647. The number of rotatable bonds is 5. The summed E-state index contributed by atoms with van der Waals surface area (Å²) in [5, 5.41) is 0. The van der Waals surface area contributed by atoms with Crippen molar-refractivity contribution in [3.8, 4) is 0 Å². The first-order valence-corrected chi connectivity index (χ1v) is 7.87. The van der Waals surface area contributed by atoms with Crippen molar-refractivity contribution in [2.24, 2.45) is 11.7 Å². The van der Waals surface area contributed by atoms with Gasteiger partial charge in [0.1, 0.15) is 5.82 Å². The van der Waals surface area contributed by atoms with Gasteiger partial charge in [-0.25, -0.2) is 4.39 Å². The van der Waals surface area contributed by atoms with Crippen LogP contribution in [-0.2, 0) is 0 Å². The molecule has 1 saturated heterocycles. The molecule has 1 heterocycles. The van der Waals surface area contributed by atoms with Gasteiger partial charge in [-0.1, -0.05) is 38.0 Å². The van der Waals surface area contributed by atoms with Gasteiger partial charge in [-0.05, 0) is 44.8 Å². The maximum Gasteiger partial charge on any atom is 0.128 e. The van der Waals surface area contributed by atoms with Gasteiger partial charge in [0.05, 0.1) is 6.04 Å². The third-order valence-corrected chi connectivity index (χ3v) is 4.46. The van der Waals surface area contributed by atoms with Gasteiger partial charge in [0.2, 0.25) is 0 Å². The van der Waals surface area contributed by atoms with Gasteiger partial charge in [0.25, 0.3) is 0 Å². The molecular formula is C17H27FN2. The van der Waals surface area contributed by atoms with Gasteiger partial charge in [0, 0.05) is 11.6 Å². The summed E-state index contributed by atoms with van der Waals surface area (Å²) in [6.07, 6.45) is 5.00. The molecule has 20 heavy (non-hydrogen) atoms. The zero-order chi connectivity index (χ0) is 14.5. The van der Waals surface area contributed by atoms with Crippen molar-refractivity contribution in [3.63, 3.8) is 0 Å². The minimum atomic E-state index is -0.134. The summed E-state index contributed by atoms with van der Waals surface area (Å²) in [7, 11) is 0. The van der Waals surface area contributed by atoms with E-state index in [-0.39, 0.29) is 17.9 Å². The Kier molecular flexibility index (Phi) is 5.55. The number of piperidine rings is 1. The van der Waals surface area contributed by atoms with Crippen LogP contribution in [0, 0.1) is 11.7 Å². The van der Waals surface area contributed by atoms with Gasteiger partial charge >= 0.3 is 0 Å². The van der Waals surface area contributed by atoms with Crippen LogP contribution in [-0.4, -0.2) is 24.0 Å². The van der Waals surface area contributed by atoms with Crippen molar-refractivity contribution in [3.05, 3.63) is 35.6 Å². The van der Waals surface area contributed by atoms with E-state index in [1.165, 1.54) is 31.7 Å². The highest BCUT2D eigenvalue weighted by Gasteiger charge is 2.29. The van der Waals surface area contributed by atoms with Crippen LogP contribution in [0.1, 0.15) is 51.1 Å². The van der Waals surface area contributed by atoms with E-state index >= 15 is 0 Å². The Balaban J connectivity index is 2.09. The summed E-state index contributed by atoms with van der Waals surface area (Å²) in [6, 6.07) is 6.99. The predicted octanol–water partition coefficient (Wildman–Crippen LogP) is 3.73. The van der Waals surface area contributed by atoms with E-state index in [1.807, 2.05) is 19.1 Å². The number of nitrogens with two attached hydrogens (primary N) is 1. The van der Waals surface area contributed by atoms with Crippen LogP contribution in [0.3, 0.4) is 0 Å². The highest BCUT2D eigenvalue weighted by molar-refractivity contribution is 5.23. The number of nitrogens with zero attached hydrogens (tertiary/aromatic N) is 1. The third kappa shape index (κ3) is 3.58. The molecule has 0 radical (unpaired) electrons. The molecule has 112 valence electrons. The Bertz CT molecular complexity index is 411. The number of benzene rings is 1. The molecule has 3 heteroatoms. The molecule has 2 unspecified atom stereocenters. The van der Waals surface area contributed by atoms with Crippen molar-refractivity contribution in [1.29, 1.82) is 0 Å². The monoisotopic (exact) mass is 278 g/mol. The standard InChI is InChI=1S/C17H27FN2/c1-3-6-14-9-11-20(12-10-14)17(13(2)19)15-7-4-5-8-16(15)18/h4-5,7-8,13-14,17H,3,6,9-12,19H2,1-2H3. The SMILES string of the molecule is CCCC1CCN(C(c2ccccc2F)C(C)N)CC1. The van der Waals surface area contributed by atoms with Crippen LogP contribution < -0.4 is 5.73 Å². The number of likely N-dealkylation sites (tertiary alicyclic amines) is 1. The molecule has 1 aliphatic rings. The molecule has 2 nitrogen and oxygen atoms in total. The van der Waals surface area contributed by atoms with Gasteiger partial charge in [-0.2, -0.15) is 0 Å². The zero-order valence-electron chi connectivity index (χ0n) is 12.7. The average Bonchev–Trinajstić information content (AvgIpc) is 2.43. The first-order chi connectivity index (χ1) is 9.63. The lowest BCUT2D eigenvalue weighted by atomic mass is 9.89. The first-order valence-electron chi connectivity index (χ1n) is 7.87. The topological polar surface area (TPSA) is 29.3 Å². The summed E-state index contributed by atoms with van der Waals surface area (Å²) >= 11 is 0. The van der Waals surface area contributed by atoms with E-state index in [9.17, 15) is 4.39 Å². The van der Waals surface area contributed by atoms with Crippen molar-refractivity contribution >= 4 is 0 Å². The average molecular weight is 278 g/mol. The number of halogens is 1. The molecule has 1 aromatic carbocycles. The van der Waals surface area contributed by atoms with Crippen molar-refractivity contribution < 1.29 is 4.39 Å². The van der Waals surface area contributed by atoms with Gasteiger partial charge in [-0.15, -0.1) is 0 Å². The van der Waals surface area contributed by atoms with Gasteiger partial charge < -0.3 is 5.73 Å². The second-order valence-corrected chi connectivity index (χ2v) is 6.09. The van der Waals surface area contributed by atoms with E-state index < -0.39 is 0 Å². The second kappa shape index (κ2) is 7.19. The van der Waals surface area contributed by atoms with E-state index in [2.05, 4.69) is 11.8 Å². The minimum absolute atomic E-state index is 0.00113. The van der Waals surface area contributed by atoms with Gasteiger partial charge in [-0.3, -0.25) is 4.90 Å². The number of hydrogen-bond acceptors (Lipinski definition) is 2. The molecule has 1 aliphatic heterocycles. The molecule has 0 amide bonds. The summed E-state index contributed by atoms with van der Waals surface area (Å²) in [6.45, 7) is 6.29. The molecule has 2 atom stereocenters.